The van der Waals surface area contributed by atoms with Crippen LogP contribution in [0.2, 0.25) is 0 Å². The van der Waals surface area contributed by atoms with Gasteiger partial charge in [0.25, 0.3) is 5.91 Å². The van der Waals surface area contributed by atoms with Crippen molar-refractivity contribution in [2.45, 2.75) is 31.0 Å². The Kier molecular flexibility index (Phi) is 7.34. The zero-order valence-electron chi connectivity index (χ0n) is 17.4. The molecule has 0 radical (unpaired) electrons. The fraction of sp³-hybridized carbons (Fsp3) is 0.304. The molecule has 3 rings (SSSR count). The minimum Gasteiger partial charge on any atom is -0.378 e. The van der Waals surface area contributed by atoms with E-state index in [0.717, 1.165) is 38.2 Å². The molecular formula is C23H27N3OS2. The van der Waals surface area contributed by atoms with Gasteiger partial charge in [0.2, 0.25) is 0 Å². The maximum absolute atomic E-state index is 13.0. The molecule has 0 bridgehead atoms. The summed E-state index contributed by atoms with van der Waals surface area (Å²) in [7, 11) is 4.05. The van der Waals surface area contributed by atoms with Crippen LogP contribution in [0.15, 0.2) is 58.8 Å². The smallest absolute Gasteiger partial charge is 0.254 e. The van der Waals surface area contributed by atoms with E-state index in [2.05, 4.69) is 39.5 Å². The third kappa shape index (κ3) is 5.84. The Morgan fingerprint density at radius 2 is 1.76 bits per heavy atom. The first-order valence-corrected chi connectivity index (χ1v) is 11.5. The van der Waals surface area contributed by atoms with E-state index >= 15 is 0 Å². The molecule has 0 fully saturated rings. The third-order valence-corrected chi connectivity index (χ3v) is 6.52. The van der Waals surface area contributed by atoms with Crippen LogP contribution < -0.4 is 4.90 Å². The van der Waals surface area contributed by atoms with E-state index in [1.54, 1.807) is 23.1 Å². The maximum atomic E-state index is 13.0. The van der Waals surface area contributed by atoms with Gasteiger partial charge in [-0.1, -0.05) is 12.1 Å². The lowest BCUT2D eigenvalue weighted by molar-refractivity contribution is 0.0752. The highest BCUT2D eigenvalue weighted by atomic mass is 32.2. The van der Waals surface area contributed by atoms with Crippen LogP contribution in [0.1, 0.15) is 33.5 Å². The Morgan fingerprint density at radius 1 is 1.07 bits per heavy atom. The van der Waals surface area contributed by atoms with Crippen molar-refractivity contribution in [2.75, 3.05) is 25.5 Å². The number of amides is 1. The number of aryl methyl sites for hydroxylation is 1. The summed E-state index contributed by atoms with van der Waals surface area (Å²) in [5, 5.41) is 3.20. The monoisotopic (exact) mass is 425 g/mol. The molecule has 1 amide bonds. The average Bonchev–Trinajstić information content (AvgIpc) is 3.16. The van der Waals surface area contributed by atoms with Gasteiger partial charge in [-0.3, -0.25) is 4.79 Å². The third-order valence-electron chi connectivity index (χ3n) is 4.65. The van der Waals surface area contributed by atoms with E-state index in [1.807, 2.05) is 57.1 Å². The van der Waals surface area contributed by atoms with E-state index in [1.165, 1.54) is 0 Å². The summed E-state index contributed by atoms with van der Waals surface area (Å²) in [6.45, 7) is 5.33. The molecular weight excluding hydrogens is 398 g/mol. The Balaban J connectivity index is 1.61. The van der Waals surface area contributed by atoms with Gasteiger partial charge in [0.05, 0.1) is 10.7 Å². The fourth-order valence-corrected chi connectivity index (χ4v) is 4.46. The quantitative estimate of drug-likeness (QED) is 0.448. The molecule has 0 unspecified atom stereocenters. The number of thiazole rings is 1. The molecule has 0 aliphatic heterocycles. The van der Waals surface area contributed by atoms with Crippen LogP contribution in [0.5, 0.6) is 0 Å². The fourth-order valence-electron chi connectivity index (χ4n) is 2.96. The molecule has 0 N–H and O–H groups in total. The van der Waals surface area contributed by atoms with Crippen molar-refractivity contribution in [1.82, 2.24) is 9.88 Å². The van der Waals surface area contributed by atoms with Crippen LogP contribution >= 0.6 is 23.1 Å². The molecule has 0 spiro atoms. The average molecular weight is 426 g/mol. The van der Waals surface area contributed by atoms with Gasteiger partial charge in [-0.25, -0.2) is 4.98 Å². The SMILES string of the molecule is CCN(Cc1ccc(N(C)C)cc1)C(=O)c1ccc(SCc2csc(C)n2)cc1. The number of benzene rings is 2. The first kappa shape index (κ1) is 21.4. The molecule has 29 heavy (non-hydrogen) atoms. The lowest BCUT2D eigenvalue weighted by Crippen LogP contribution is -2.30. The summed E-state index contributed by atoms with van der Waals surface area (Å²) in [6, 6.07) is 16.3. The lowest BCUT2D eigenvalue weighted by atomic mass is 10.1. The number of nitrogens with zero attached hydrogens (tertiary/aromatic N) is 3. The van der Waals surface area contributed by atoms with Gasteiger partial charge in [0, 0.05) is 54.5 Å². The minimum atomic E-state index is 0.0656. The number of aromatic nitrogens is 1. The first-order valence-electron chi connectivity index (χ1n) is 9.65. The number of carbonyl (C=O) groups is 1. The van der Waals surface area contributed by atoms with Crippen molar-refractivity contribution in [3.63, 3.8) is 0 Å². The highest BCUT2D eigenvalue weighted by Crippen LogP contribution is 2.24. The summed E-state index contributed by atoms with van der Waals surface area (Å²) in [4.78, 5) is 22.5. The standard InChI is InChI=1S/C23H27N3OS2/c1-5-26(14-18-6-10-21(11-7-18)25(3)4)23(27)19-8-12-22(13-9-19)29-16-20-15-28-17(2)24-20/h6-13,15H,5,14,16H2,1-4H3. The van der Waals surface area contributed by atoms with Crippen molar-refractivity contribution in [1.29, 1.82) is 0 Å². The summed E-state index contributed by atoms with van der Waals surface area (Å²) >= 11 is 3.42. The molecule has 2 aromatic carbocycles. The van der Waals surface area contributed by atoms with Crippen molar-refractivity contribution in [2.24, 2.45) is 0 Å². The van der Waals surface area contributed by atoms with Crippen molar-refractivity contribution >= 4 is 34.7 Å². The second kappa shape index (κ2) is 9.94. The highest BCUT2D eigenvalue weighted by molar-refractivity contribution is 7.98. The molecule has 1 aromatic heterocycles. The molecule has 3 aromatic rings. The Bertz CT molecular complexity index is 934. The summed E-state index contributed by atoms with van der Waals surface area (Å²) in [5.74, 6) is 0.914. The molecule has 0 aliphatic carbocycles. The number of rotatable bonds is 8. The second-order valence-corrected chi connectivity index (χ2v) is 9.16. The predicted octanol–water partition coefficient (Wildman–Crippen LogP) is 5.47. The van der Waals surface area contributed by atoms with Crippen LogP contribution in [0.4, 0.5) is 5.69 Å². The first-order chi connectivity index (χ1) is 14.0. The van der Waals surface area contributed by atoms with Crippen LogP contribution in [-0.2, 0) is 12.3 Å². The van der Waals surface area contributed by atoms with E-state index < -0.39 is 0 Å². The Morgan fingerprint density at radius 3 is 2.31 bits per heavy atom. The predicted molar refractivity (Wildman–Crippen MR) is 124 cm³/mol. The van der Waals surface area contributed by atoms with E-state index in [4.69, 9.17) is 0 Å². The lowest BCUT2D eigenvalue weighted by Gasteiger charge is -2.22. The van der Waals surface area contributed by atoms with Crippen LogP contribution in [0.3, 0.4) is 0 Å². The molecule has 152 valence electrons. The van der Waals surface area contributed by atoms with E-state index in [9.17, 15) is 4.79 Å². The van der Waals surface area contributed by atoms with Gasteiger partial charge < -0.3 is 9.80 Å². The zero-order valence-corrected chi connectivity index (χ0v) is 19.0. The number of hydrogen-bond acceptors (Lipinski definition) is 5. The molecule has 6 heteroatoms. The number of thioether (sulfide) groups is 1. The molecule has 0 aliphatic rings. The molecule has 0 saturated carbocycles. The molecule has 0 atom stereocenters. The van der Waals surface area contributed by atoms with Crippen molar-refractivity contribution < 1.29 is 4.79 Å². The Labute approximate surface area is 181 Å². The zero-order chi connectivity index (χ0) is 20.8. The van der Waals surface area contributed by atoms with Gasteiger partial charge in [0.15, 0.2) is 0 Å². The highest BCUT2D eigenvalue weighted by Gasteiger charge is 2.15. The number of hydrogen-bond donors (Lipinski definition) is 0. The van der Waals surface area contributed by atoms with Gasteiger partial charge >= 0.3 is 0 Å². The number of carbonyl (C=O) groups excluding carboxylic acids is 1. The molecule has 1 heterocycles. The number of anilines is 1. The van der Waals surface area contributed by atoms with Gasteiger partial charge in [-0.2, -0.15) is 0 Å². The van der Waals surface area contributed by atoms with E-state index in [0.29, 0.717) is 13.1 Å². The van der Waals surface area contributed by atoms with Gasteiger partial charge in [0.1, 0.15) is 0 Å². The van der Waals surface area contributed by atoms with Crippen LogP contribution in [-0.4, -0.2) is 36.4 Å². The van der Waals surface area contributed by atoms with Crippen molar-refractivity contribution in [3.8, 4) is 0 Å². The Hall–Kier alpha value is -2.31. The van der Waals surface area contributed by atoms with E-state index in [-0.39, 0.29) is 5.91 Å². The summed E-state index contributed by atoms with van der Waals surface area (Å²) in [6.07, 6.45) is 0. The van der Waals surface area contributed by atoms with Crippen LogP contribution in [0.25, 0.3) is 0 Å². The molecule has 0 saturated heterocycles. The normalized spacial score (nSPS) is 10.8. The summed E-state index contributed by atoms with van der Waals surface area (Å²) < 4.78 is 0. The van der Waals surface area contributed by atoms with Crippen molar-refractivity contribution in [3.05, 3.63) is 75.7 Å². The summed E-state index contributed by atoms with van der Waals surface area (Å²) in [5.41, 5.74) is 4.13. The maximum Gasteiger partial charge on any atom is 0.254 e. The van der Waals surface area contributed by atoms with Gasteiger partial charge in [-0.15, -0.1) is 23.1 Å². The minimum absolute atomic E-state index is 0.0656. The molecule has 4 nitrogen and oxygen atoms in total. The topological polar surface area (TPSA) is 36.4 Å². The largest absolute Gasteiger partial charge is 0.378 e. The second-order valence-electron chi connectivity index (χ2n) is 7.05. The van der Waals surface area contributed by atoms with Crippen LogP contribution in [0, 0.1) is 6.92 Å². The van der Waals surface area contributed by atoms with Gasteiger partial charge in [-0.05, 0) is 55.8 Å².